The van der Waals surface area contributed by atoms with Gasteiger partial charge in [-0.3, -0.25) is 0 Å². The molecule has 1 atom stereocenters. The van der Waals surface area contributed by atoms with Gasteiger partial charge in [-0.25, -0.2) is 0 Å². The van der Waals surface area contributed by atoms with E-state index in [1.165, 1.54) is 37.7 Å². The average Bonchev–Trinajstić information content (AvgIpc) is 3.17. The molecule has 1 saturated carbocycles. The minimum atomic E-state index is 0.476. The highest BCUT2D eigenvalue weighted by Gasteiger charge is 2.23. The lowest BCUT2D eigenvalue weighted by Crippen LogP contribution is -2.22. The molecule has 18 heavy (non-hydrogen) atoms. The number of aryl methyl sites for hydroxylation is 1. The molecule has 0 saturated heterocycles. The summed E-state index contributed by atoms with van der Waals surface area (Å²) in [5, 5.41) is 4.55. The van der Waals surface area contributed by atoms with Crippen LogP contribution in [0.3, 0.4) is 0 Å². The molecule has 0 amide bonds. The molecule has 0 aliphatic heterocycles. The highest BCUT2D eigenvalue weighted by molar-refractivity contribution is 6.31. The molecule has 1 aliphatic carbocycles. The minimum Gasteiger partial charge on any atom is -0.310 e. The Balaban J connectivity index is 2.01. The Kier molecular flexibility index (Phi) is 5.08. The first-order valence-electron chi connectivity index (χ1n) is 7.20. The Bertz CT molecular complexity index is 385. The molecular weight excluding hydrogens is 242 g/mol. The van der Waals surface area contributed by atoms with Crippen molar-refractivity contribution in [3.8, 4) is 0 Å². The summed E-state index contributed by atoms with van der Waals surface area (Å²) in [4.78, 5) is 0. The lowest BCUT2D eigenvalue weighted by Gasteiger charge is -2.19. The Morgan fingerprint density at radius 1 is 1.39 bits per heavy atom. The summed E-state index contributed by atoms with van der Waals surface area (Å²) in [5.74, 6) is 0.997. The van der Waals surface area contributed by atoms with Crippen molar-refractivity contribution in [3.05, 3.63) is 34.3 Å². The summed E-state index contributed by atoms with van der Waals surface area (Å²) in [6.45, 7) is 5.36. The van der Waals surface area contributed by atoms with E-state index in [4.69, 9.17) is 11.6 Å². The van der Waals surface area contributed by atoms with Gasteiger partial charge in [-0.1, -0.05) is 43.5 Å². The molecule has 0 bridgehead atoms. The maximum atomic E-state index is 6.24. The monoisotopic (exact) mass is 265 g/mol. The molecule has 1 aromatic rings. The minimum absolute atomic E-state index is 0.476. The van der Waals surface area contributed by atoms with Crippen LogP contribution in [0.5, 0.6) is 0 Å². The van der Waals surface area contributed by atoms with E-state index in [9.17, 15) is 0 Å². The van der Waals surface area contributed by atoms with Crippen LogP contribution in [0.4, 0.5) is 0 Å². The summed E-state index contributed by atoms with van der Waals surface area (Å²) in [7, 11) is 0. The van der Waals surface area contributed by atoms with E-state index in [0.717, 1.165) is 23.0 Å². The average molecular weight is 266 g/mol. The third-order valence-corrected chi connectivity index (χ3v) is 4.21. The van der Waals surface area contributed by atoms with Gasteiger partial charge in [-0.05, 0) is 55.8 Å². The summed E-state index contributed by atoms with van der Waals surface area (Å²) in [6, 6.07) is 6.97. The van der Waals surface area contributed by atoms with Gasteiger partial charge >= 0.3 is 0 Å². The number of nitrogens with one attached hydrogen (secondary N) is 1. The maximum absolute atomic E-state index is 6.24. The van der Waals surface area contributed by atoms with Crippen molar-refractivity contribution in [2.75, 3.05) is 6.54 Å². The Labute approximate surface area is 116 Å². The number of halogens is 1. The largest absolute Gasteiger partial charge is 0.310 e. The fourth-order valence-electron chi connectivity index (χ4n) is 2.34. The van der Waals surface area contributed by atoms with Crippen LogP contribution in [0.2, 0.25) is 5.02 Å². The normalized spacial score (nSPS) is 16.8. The molecule has 1 aromatic carbocycles. The second kappa shape index (κ2) is 6.58. The second-order valence-electron chi connectivity index (χ2n) is 5.54. The molecule has 1 aliphatic rings. The van der Waals surface area contributed by atoms with Crippen LogP contribution in [0.25, 0.3) is 0 Å². The van der Waals surface area contributed by atoms with E-state index in [-0.39, 0.29) is 0 Å². The van der Waals surface area contributed by atoms with E-state index < -0.39 is 0 Å². The molecule has 0 aromatic heterocycles. The Hall–Kier alpha value is -0.530. The smallest absolute Gasteiger partial charge is 0.0438 e. The van der Waals surface area contributed by atoms with Crippen molar-refractivity contribution in [3.63, 3.8) is 0 Å². The van der Waals surface area contributed by atoms with Gasteiger partial charge < -0.3 is 5.32 Å². The zero-order valence-corrected chi connectivity index (χ0v) is 12.3. The summed E-state index contributed by atoms with van der Waals surface area (Å²) in [5.41, 5.74) is 2.51. The molecule has 100 valence electrons. The number of hydrogen-bond donors (Lipinski definition) is 1. The van der Waals surface area contributed by atoms with E-state index in [0.29, 0.717) is 6.04 Å². The molecule has 0 spiro atoms. The van der Waals surface area contributed by atoms with Gasteiger partial charge in [0.2, 0.25) is 0 Å². The fourth-order valence-corrected chi connectivity index (χ4v) is 2.53. The maximum Gasteiger partial charge on any atom is 0.0438 e. The standard InChI is InChI=1S/C16H24ClN/c1-3-10-18-16(9-7-13-5-6-13)14-8-4-12(2)15(17)11-14/h4,8,11,13,16,18H,3,5-7,9-10H2,1-2H3. The van der Waals surface area contributed by atoms with Crippen LogP contribution in [0, 0.1) is 12.8 Å². The highest BCUT2D eigenvalue weighted by atomic mass is 35.5. The van der Waals surface area contributed by atoms with Crippen LogP contribution in [0.15, 0.2) is 18.2 Å². The lowest BCUT2D eigenvalue weighted by molar-refractivity contribution is 0.470. The van der Waals surface area contributed by atoms with Crippen molar-refractivity contribution in [2.45, 2.75) is 52.0 Å². The first-order valence-corrected chi connectivity index (χ1v) is 7.58. The third kappa shape index (κ3) is 4.00. The zero-order chi connectivity index (χ0) is 13.0. The topological polar surface area (TPSA) is 12.0 Å². The second-order valence-corrected chi connectivity index (χ2v) is 5.94. The molecule has 0 radical (unpaired) electrons. The van der Waals surface area contributed by atoms with Crippen molar-refractivity contribution < 1.29 is 0 Å². The van der Waals surface area contributed by atoms with Crippen molar-refractivity contribution in [1.29, 1.82) is 0 Å². The highest BCUT2D eigenvalue weighted by Crippen LogP contribution is 2.36. The molecule has 2 heteroatoms. The van der Waals surface area contributed by atoms with Gasteiger partial charge in [0.25, 0.3) is 0 Å². The van der Waals surface area contributed by atoms with Gasteiger partial charge in [0.1, 0.15) is 0 Å². The summed E-state index contributed by atoms with van der Waals surface area (Å²) in [6.07, 6.45) is 6.65. The van der Waals surface area contributed by atoms with Crippen LogP contribution >= 0.6 is 11.6 Å². The summed E-state index contributed by atoms with van der Waals surface area (Å²) >= 11 is 6.24. The van der Waals surface area contributed by atoms with Gasteiger partial charge in [0, 0.05) is 11.1 Å². The molecule has 1 fully saturated rings. The van der Waals surface area contributed by atoms with Gasteiger partial charge in [0.15, 0.2) is 0 Å². The Morgan fingerprint density at radius 3 is 2.78 bits per heavy atom. The van der Waals surface area contributed by atoms with Gasteiger partial charge in [-0.15, -0.1) is 0 Å². The Morgan fingerprint density at radius 2 is 2.17 bits per heavy atom. The van der Waals surface area contributed by atoms with Crippen LogP contribution in [-0.2, 0) is 0 Å². The molecule has 2 rings (SSSR count). The zero-order valence-electron chi connectivity index (χ0n) is 11.5. The van der Waals surface area contributed by atoms with E-state index >= 15 is 0 Å². The molecule has 1 nitrogen and oxygen atoms in total. The van der Waals surface area contributed by atoms with E-state index in [2.05, 4.69) is 37.4 Å². The van der Waals surface area contributed by atoms with Gasteiger partial charge in [0.05, 0.1) is 0 Å². The molecule has 1 N–H and O–H groups in total. The summed E-state index contributed by atoms with van der Waals surface area (Å²) < 4.78 is 0. The van der Waals surface area contributed by atoms with E-state index in [1.807, 2.05) is 0 Å². The SMILES string of the molecule is CCCNC(CCC1CC1)c1ccc(C)c(Cl)c1. The van der Waals surface area contributed by atoms with Crippen molar-refractivity contribution >= 4 is 11.6 Å². The quantitative estimate of drug-likeness (QED) is 0.741. The predicted octanol–water partition coefficient (Wildman–Crippen LogP) is 4.88. The predicted molar refractivity (Wildman–Crippen MR) is 79.2 cm³/mol. The fraction of sp³-hybridized carbons (Fsp3) is 0.625. The number of rotatable bonds is 7. The molecule has 1 unspecified atom stereocenters. The van der Waals surface area contributed by atoms with Crippen LogP contribution in [-0.4, -0.2) is 6.54 Å². The van der Waals surface area contributed by atoms with Crippen LogP contribution < -0.4 is 5.32 Å². The molecule has 0 heterocycles. The van der Waals surface area contributed by atoms with Crippen LogP contribution in [0.1, 0.15) is 56.2 Å². The first-order chi connectivity index (χ1) is 8.70. The van der Waals surface area contributed by atoms with Gasteiger partial charge in [-0.2, -0.15) is 0 Å². The lowest BCUT2D eigenvalue weighted by atomic mass is 9.99. The molecular formula is C16H24ClN. The first kappa shape index (κ1) is 13.9. The van der Waals surface area contributed by atoms with Crippen molar-refractivity contribution in [1.82, 2.24) is 5.32 Å². The number of benzene rings is 1. The van der Waals surface area contributed by atoms with Crippen molar-refractivity contribution in [2.24, 2.45) is 5.92 Å². The third-order valence-electron chi connectivity index (χ3n) is 3.80. The number of hydrogen-bond acceptors (Lipinski definition) is 1. The van der Waals surface area contributed by atoms with E-state index in [1.54, 1.807) is 0 Å².